The number of ether oxygens (including phenoxy) is 2. The summed E-state index contributed by atoms with van der Waals surface area (Å²) in [5.41, 5.74) is 3.14. The Hall–Kier alpha value is -2.53. The van der Waals surface area contributed by atoms with Crippen molar-refractivity contribution < 1.29 is 14.3 Å². The molecule has 2 aromatic heterocycles. The molecular formula is C18H17ClN2O3. The zero-order valence-corrected chi connectivity index (χ0v) is 14.2. The van der Waals surface area contributed by atoms with Crippen LogP contribution in [0, 0.1) is 0 Å². The van der Waals surface area contributed by atoms with E-state index in [1.807, 2.05) is 41.1 Å². The molecule has 5 nitrogen and oxygen atoms in total. The lowest BCUT2D eigenvalue weighted by molar-refractivity contribution is -0.142. The third-order valence-electron chi connectivity index (χ3n) is 3.63. The largest absolute Gasteiger partial charge is 0.497 e. The Morgan fingerprint density at radius 2 is 2.12 bits per heavy atom. The average Bonchev–Trinajstić information content (AvgIpc) is 2.97. The second kappa shape index (κ2) is 6.93. The van der Waals surface area contributed by atoms with Crippen LogP contribution in [-0.4, -0.2) is 29.1 Å². The summed E-state index contributed by atoms with van der Waals surface area (Å²) >= 11 is 6.38. The van der Waals surface area contributed by atoms with Crippen LogP contribution in [0.5, 0.6) is 5.75 Å². The van der Waals surface area contributed by atoms with Crippen molar-refractivity contribution in [2.24, 2.45) is 0 Å². The molecule has 24 heavy (non-hydrogen) atoms. The van der Waals surface area contributed by atoms with Crippen LogP contribution in [0.1, 0.15) is 12.6 Å². The molecule has 0 radical (unpaired) electrons. The van der Waals surface area contributed by atoms with Crippen molar-refractivity contribution in [3.63, 3.8) is 0 Å². The van der Waals surface area contributed by atoms with Gasteiger partial charge >= 0.3 is 5.97 Å². The van der Waals surface area contributed by atoms with Gasteiger partial charge in [0.2, 0.25) is 0 Å². The Morgan fingerprint density at radius 3 is 2.83 bits per heavy atom. The number of benzene rings is 1. The van der Waals surface area contributed by atoms with Gasteiger partial charge in [0.15, 0.2) is 0 Å². The van der Waals surface area contributed by atoms with Crippen LogP contribution in [0.4, 0.5) is 0 Å². The minimum absolute atomic E-state index is 0.144. The summed E-state index contributed by atoms with van der Waals surface area (Å²) < 4.78 is 12.0. The number of rotatable bonds is 5. The fourth-order valence-electron chi connectivity index (χ4n) is 2.56. The van der Waals surface area contributed by atoms with E-state index in [9.17, 15) is 4.79 Å². The van der Waals surface area contributed by atoms with Crippen molar-refractivity contribution in [3.8, 4) is 16.9 Å². The Kier molecular flexibility index (Phi) is 4.71. The molecule has 0 N–H and O–H groups in total. The minimum Gasteiger partial charge on any atom is -0.497 e. The zero-order valence-electron chi connectivity index (χ0n) is 13.5. The topological polar surface area (TPSA) is 52.8 Å². The maximum atomic E-state index is 11.7. The first-order chi connectivity index (χ1) is 11.6. The molecule has 0 fully saturated rings. The molecule has 0 aliphatic carbocycles. The van der Waals surface area contributed by atoms with E-state index in [0.717, 1.165) is 16.8 Å². The predicted octanol–water partition coefficient (Wildman–Crippen LogP) is 3.77. The Balaban J connectivity index is 2.03. The highest BCUT2D eigenvalue weighted by Crippen LogP contribution is 2.33. The number of carbonyl (C=O) groups excluding carboxylic acids is 1. The number of pyridine rings is 1. The second-order valence-corrected chi connectivity index (χ2v) is 5.62. The number of methoxy groups -OCH3 is 1. The minimum atomic E-state index is -0.287. The van der Waals surface area contributed by atoms with Crippen LogP contribution in [-0.2, 0) is 16.0 Å². The third-order valence-corrected chi connectivity index (χ3v) is 3.94. The number of hydrogen-bond donors (Lipinski definition) is 0. The van der Waals surface area contributed by atoms with E-state index >= 15 is 0 Å². The van der Waals surface area contributed by atoms with Gasteiger partial charge in [-0.15, -0.1) is 0 Å². The summed E-state index contributed by atoms with van der Waals surface area (Å²) in [4.78, 5) is 16.2. The highest BCUT2D eigenvalue weighted by Gasteiger charge is 2.13. The van der Waals surface area contributed by atoms with E-state index in [1.54, 1.807) is 20.1 Å². The van der Waals surface area contributed by atoms with Gasteiger partial charge in [-0.1, -0.05) is 11.6 Å². The first-order valence-corrected chi connectivity index (χ1v) is 7.96. The highest BCUT2D eigenvalue weighted by atomic mass is 35.5. The lowest BCUT2D eigenvalue weighted by Gasteiger charge is -2.08. The number of carbonyl (C=O) groups is 1. The summed E-state index contributed by atoms with van der Waals surface area (Å²) in [6.45, 7) is 2.14. The molecule has 3 aromatic rings. The van der Waals surface area contributed by atoms with Crippen molar-refractivity contribution in [2.45, 2.75) is 13.3 Å². The molecular weight excluding hydrogens is 328 g/mol. The summed E-state index contributed by atoms with van der Waals surface area (Å²) in [7, 11) is 1.60. The van der Waals surface area contributed by atoms with E-state index < -0.39 is 0 Å². The number of imidazole rings is 1. The maximum absolute atomic E-state index is 11.7. The number of halogens is 1. The second-order valence-electron chi connectivity index (χ2n) is 5.21. The predicted molar refractivity (Wildman–Crippen MR) is 92.5 cm³/mol. The molecule has 124 valence electrons. The molecule has 0 amide bonds. The first-order valence-electron chi connectivity index (χ1n) is 7.58. The summed E-state index contributed by atoms with van der Waals surface area (Å²) in [6.07, 6.45) is 3.86. The molecule has 1 aromatic carbocycles. The molecule has 0 aliphatic rings. The fourth-order valence-corrected chi connectivity index (χ4v) is 2.83. The molecule has 3 rings (SSSR count). The standard InChI is InChI=1S/C18H17ClN2O3/c1-3-24-17(22)9-12-11-21-8-4-5-15(18(21)20-12)14-7-6-13(23-2)10-16(14)19/h4-8,10-11H,3,9H2,1-2H3. The van der Waals surface area contributed by atoms with Gasteiger partial charge in [0.1, 0.15) is 11.4 Å². The smallest absolute Gasteiger partial charge is 0.311 e. The van der Waals surface area contributed by atoms with Gasteiger partial charge < -0.3 is 13.9 Å². The normalized spacial score (nSPS) is 10.8. The summed E-state index contributed by atoms with van der Waals surface area (Å²) in [6, 6.07) is 9.38. The number of fused-ring (bicyclic) bond motifs is 1. The first kappa shape index (κ1) is 16.3. The molecule has 0 bridgehead atoms. The van der Waals surface area contributed by atoms with Gasteiger partial charge in [-0.2, -0.15) is 0 Å². The van der Waals surface area contributed by atoms with Crippen molar-refractivity contribution in [3.05, 3.63) is 53.4 Å². The zero-order chi connectivity index (χ0) is 17.1. The Labute approximate surface area is 144 Å². The summed E-state index contributed by atoms with van der Waals surface area (Å²) in [5.74, 6) is 0.409. The number of aromatic nitrogens is 2. The molecule has 6 heteroatoms. The van der Waals surface area contributed by atoms with Gasteiger partial charge in [-0.05, 0) is 37.3 Å². The molecule has 2 heterocycles. The van der Waals surface area contributed by atoms with Crippen molar-refractivity contribution in [1.29, 1.82) is 0 Å². The van der Waals surface area contributed by atoms with Gasteiger partial charge in [-0.25, -0.2) is 4.98 Å². The fraction of sp³-hybridized carbons (Fsp3) is 0.222. The van der Waals surface area contributed by atoms with Crippen LogP contribution in [0.3, 0.4) is 0 Å². The molecule has 0 atom stereocenters. The number of nitrogens with zero attached hydrogens (tertiary/aromatic N) is 2. The van der Waals surface area contributed by atoms with Gasteiger partial charge in [0.05, 0.1) is 30.9 Å². The van der Waals surface area contributed by atoms with E-state index in [4.69, 9.17) is 21.1 Å². The van der Waals surface area contributed by atoms with Crippen molar-refractivity contribution >= 4 is 23.2 Å². The van der Waals surface area contributed by atoms with Crippen LogP contribution in [0.2, 0.25) is 5.02 Å². The van der Waals surface area contributed by atoms with E-state index in [-0.39, 0.29) is 12.4 Å². The monoisotopic (exact) mass is 344 g/mol. The van der Waals surface area contributed by atoms with Crippen LogP contribution < -0.4 is 4.74 Å². The lowest BCUT2D eigenvalue weighted by atomic mass is 10.1. The van der Waals surface area contributed by atoms with E-state index in [0.29, 0.717) is 23.1 Å². The van der Waals surface area contributed by atoms with Crippen LogP contribution in [0.25, 0.3) is 16.8 Å². The number of esters is 1. The quantitative estimate of drug-likeness (QED) is 0.661. The van der Waals surface area contributed by atoms with Gasteiger partial charge in [-0.3, -0.25) is 4.79 Å². The van der Waals surface area contributed by atoms with Crippen molar-refractivity contribution in [1.82, 2.24) is 9.38 Å². The SMILES string of the molecule is CCOC(=O)Cc1cn2cccc(-c3ccc(OC)cc3Cl)c2n1. The molecule has 0 aliphatic heterocycles. The maximum Gasteiger partial charge on any atom is 0.311 e. The molecule has 0 unspecified atom stereocenters. The Morgan fingerprint density at radius 1 is 1.29 bits per heavy atom. The van der Waals surface area contributed by atoms with Crippen LogP contribution >= 0.6 is 11.6 Å². The Bertz CT molecular complexity index is 889. The molecule has 0 saturated heterocycles. The van der Waals surface area contributed by atoms with E-state index in [2.05, 4.69) is 4.98 Å². The average molecular weight is 345 g/mol. The molecule has 0 spiro atoms. The van der Waals surface area contributed by atoms with E-state index in [1.165, 1.54) is 0 Å². The van der Waals surface area contributed by atoms with Gasteiger partial charge in [0, 0.05) is 23.5 Å². The van der Waals surface area contributed by atoms with Crippen LogP contribution in [0.15, 0.2) is 42.7 Å². The molecule has 0 saturated carbocycles. The lowest BCUT2D eigenvalue weighted by Crippen LogP contribution is -2.07. The number of hydrogen-bond acceptors (Lipinski definition) is 4. The summed E-state index contributed by atoms with van der Waals surface area (Å²) in [5, 5.41) is 0.581. The van der Waals surface area contributed by atoms with Crippen molar-refractivity contribution in [2.75, 3.05) is 13.7 Å². The third kappa shape index (κ3) is 3.21. The highest BCUT2D eigenvalue weighted by molar-refractivity contribution is 6.33. The van der Waals surface area contributed by atoms with Gasteiger partial charge in [0.25, 0.3) is 0 Å².